The standard InChI is InChI=1S/C23H21NO3/c1-2-3-15-27-22(26)23(17-10-5-4-6-11-17)21(25)19-14-13-16-9-7-8-12-18(16)20(19)24-23/h4-14,24H,2-3,15H2,1H3/t23-/m1/s1. The van der Waals surface area contributed by atoms with Gasteiger partial charge in [-0.3, -0.25) is 4.79 Å². The van der Waals surface area contributed by atoms with Crippen LogP contribution >= 0.6 is 0 Å². The Labute approximate surface area is 158 Å². The van der Waals surface area contributed by atoms with Crippen molar-refractivity contribution in [3.8, 4) is 0 Å². The fraction of sp³-hybridized carbons (Fsp3) is 0.217. The summed E-state index contributed by atoms with van der Waals surface area (Å²) in [7, 11) is 0. The molecule has 1 heterocycles. The fourth-order valence-electron chi connectivity index (χ4n) is 3.61. The van der Waals surface area contributed by atoms with Gasteiger partial charge in [0.1, 0.15) is 0 Å². The zero-order valence-corrected chi connectivity index (χ0v) is 15.2. The van der Waals surface area contributed by atoms with Crippen LogP contribution in [0.5, 0.6) is 0 Å². The highest BCUT2D eigenvalue weighted by Gasteiger charge is 2.54. The van der Waals surface area contributed by atoms with Crippen LogP contribution in [0.1, 0.15) is 35.7 Å². The van der Waals surface area contributed by atoms with Crippen LogP contribution in [0.2, 0.25) is 0 Å². The van der Waals surface area contributed by atoms with Crippen molar-refractivity contribution in [2.75, 3.05) is 11.9 Å². The van der Waals surface area contributed by atoms with Gasteiger partial charge in [-0.05, 0) is 23.4 Å². The number of carbonyl (C=O) groups is 2. The summed E-state index contributed by atoms with van der Waals surface area (Å²) in [4.78, 5) is 26.6. The Morgan fingerprint density at radius 1 is 1.00 bits per heavy atom. The molecular formula is C23H21NO3. The van der Waals surface area contributed by atoms with Crippen molar-refractivity contribution in [2.24, 2.45) is 0 Å². The predicted octanol–water partition coefficient (Wildman–Crippen LogP) is 4.69. The highest BCUT2D eigenvalue weighted by molar-refractivity contribution is 6.27. The molecule has 0 aromatic heterocycles. The Morgan fingerprint density at radius 3 is 2.52 bits per heavy atom. The van der Waals surface area contributed by atoms with Crippen molar-refractivity contribution in [1.29, 1.82) is 0 Å². The van der Waals surface area contributed by atoms with Crippen molar-refractivity contribution in [3.05, 3.63) is 77.9 Å². The lowest BCUT2D eigenvalue weighted by Gasteiger charge is -2.27. The third kappa shape index (κ3) is 2.69. The molecule has 0 bridgehead atoms. The van der Waals surface area contributed by atoms with Crippen molar-refractivity contribution >= 4 is 28.2 Å². The van der Waals surface area contributed by atoms with E-state index < -0.39 is 11.5 Å². The Balaban J connectivity index is 1.86. The highest BCUT2D eigenvalue weighted by Crippen LogP contribution is 2.43. The largest absolute Gasteiger partial charge is 0.463 e. The lowest BCUT2D eigenvalue weighted by molar-refractivity contribution is -0.147. The number of ketones is 1. The van der Waals surface area contributed by atoms with Crippen molar-refractivity contribution in [1.82, 2.24) is 0 Å². The third-order valence-electron chi connectivity index (χ3n) is 5.07. The minimum absolute atomic E-state index is 0.268. The molecule has 3 aromatic rings. The average molecular weight is 359 g/mol. The molecule has 0 saturated heterocycles. The summed E-state index contributed by atoms with van der Waals surface area (Å²) in [6.45, 7) is 2.33. The second-order valence-electron chi connectivity index (χ2n) is 6.77. The summed E-state index contributed by atoms with van der Waals surface area (Å²) in [6.07, 6.45) is 1.68. The molecule has 4 nitrogen and oxygen atoms in total. The van der Waals surface area contributed by atoms with Gasteiger partial charge < -0.3 is 10.1 Å². The molecular weight excluding hydrogens is 338 g/mol. The minimum atomic E-state index is -1.54. The number of fused-ring (bicyclic) bond motifs is 3. The average Bonchev–Trinajstić information content (AvgIpc) is 3.03. The number of rotatable bonds is 5. The molecule has 4 rings (SSSR count). The molecule has 1 N–H and O–H groups in total. The maximum atomic E-state index is 13.5. The number of hydrogen-bond donors (Lipinski definition) is 1. The van der Waals surface area contributed by atoms with Gasteiger partial charge in [0.2, 0.25) is 11.3 Å². The van der Waals surface area contributed by atoms with E-state index in [-0.39, 0.29) is 5.78 Å². The Morgan fingerprint density at radius 2 is 1.74 bits per heavy atom. The van der Waals surface area contributed by atoms with Crippen LogP contribution in [-0.2, 0) is 15.1 Å². The molecule has 0 amide bonds. The second-order valence-corrected chi connectivity index (χ2v) is 6.77. The Hall–Kier alpha value is -3.14. The molecule has 0 unspecified atom stereocenters. The first-order chi connectivity index (χ1) is 13.2. The minimum Gasteiger partial charge on any atom is -0.463 e. The van der Waals surface area contributed by atoms with Gasteiger partial charge in [-0.1, -0.05) is 74.0 Å². The highest BCUT2D eigenvalue weighted by atomic mass is 16.5. The molecule has 3 aromatic carbocycles. The normalized spacial score (nSPS) is 18.2. The van der Waals surface area contributed by atoms with Crippen LogP contribution < -0.4 is 5.32 Å². The van der Waals surface area contributed by atoms with Crippen LogP contribution in [-0.4, -0.2) is 18.4 Å². The first-order valence-electron chi connectivity index (χ1n) is 9.26. The van der Waals surface area contributed by atoms with Crippen LogP contribution in [0.4, 0.5) is 5.69 Å². The third-order valence-corrected chi connectivity index (χ3v) is 5.07. The number of hydrogen-bond acceptors (Lipinski definition) is 4. The van der Waals surface area contributed by atoms with Gasteiger partial charge in [0.15, 0.2) is 0 Å². The summed E-state index contributed by atoms with van der Waals surface area (Å²) >= 11 is 0. The van der Waals surface area contributed by atoms with E-state index in [1.54, 1.807) is 18.2 Å². The predicted molar refractivity (Wildman–Crippen MR) is 106 cm³/mol. The van der Waals surface area contributed by atoms with Crippen LogP contribution in [0.15, 0.2) is 66.7 Å². The van der Waals surface area contributed by atoms with E-state index in [0.717, 1.165) is 23.6 Å². The van der Waals surface area contributed by atoms with Gasteiger partial charge in [-0.15, -0.1) is 0 Å². The van der Waals surface area contributed by atoms with Crippen molar-refractivity contribution < 1.29 is 14.3 Å². The van der Waals surface area contributed by atoms with Crippen LogP contribution in [0.25, 0.3) is 10.8 Å². The molecule has 0 spiro atoms. The molecule has 0 radical (unpaired) electrons. The zero-order valence-electron chi connectivity index (χ0n) is 15.2. The molecule has 1 aliphatic rings. The molecule has 0 saturated carbocycles. The van der Waals surface area contributed by atoms with E-state index in [4.69, 9.17) is 4.74 Å². The van der Waals surface area contributed by atoms with Gasteiger partial charge in [-0.25, -0.2) is 4.79 Å². The van der Waals surface area contributed by atoms with E-state index >= 15 is 0 Å². The lowest BCUT2D eigenvalue weighted by Crippen LogP contribution is -2.47. The molecule has 0 aliphatic carbocycles. The van der Waals surface area contributed by atoms with Gasteiger partial charge >= 0.3 is 5.97 Å². The van der Waals surface area contributed by atoms with Crippen molar-refractivity contribution in [2.45, 2.75) is 25.3 Å². The van der Waals surface area contributed by atoms with E-state index in [1.165, 1.54) is 0 Å². The maximum Gasteiger partial charge on any atom is 0.344 e. The molecule has 136 valence electrons. The fourth-order valence-corrected chi connectivity index (χ4v) is 3.61. The number of Topliss-reactive ketones (excluding diaryl/α,β-unsaturated/α-hetero) is 1. The number of anilines is 1. The topological polar surface area (TPSA) is 55.4 Å². The van der Waals surface area contributed by atoms with E-state index in [2.05, 4.69) is 5.32 Å². The summed E-state index contributed by atoms with van der Waals surface area (Å²) in [5.41, 5.74) is 0.262. The SMILES string of the molecule is CCCCOC(=O)[C@]1(c2ccccc2)Nc2c(ccc3ccccc23)C1=O. The molecule has 0 fully saturated rings. The van der Waals surface area contributed by atoms with E-state index in [0.29, 0.717) is 23.4 Å². The Bertz CT molecular complexity index is 1010. The van der Waals surface area contributed by atoms with Crippen LogP contribution in [0.3, 0.4) is 0 Å². The lowest BCUT2D eigenvalue weighted by atomic mass is 9.85. The van der Waals surface area contributed by atoms with Gasteiger partial charge in [0.25, 0.3) is 0 Å². The summed E-state index contributed by atoms with van der Waals surface area (Å²) in [6, 6.07) is 20.6. The van der Waals surface area contributed by atoms with Gasteiger partial charge in [0, 0.05) is 10.9 Å². The summed E-state index contributed by atoms with van der Waals surface area (Å²) in [5, 5.41) is 5.19. The number of ether oxygens (including phenoxy) is 1. The van der Waals surface area contributed by atoms with Crippen LogP contribution in [0, 0.1) is 0 Å². The van der Waals surface area contributed by atoms with Gasteiger partial charge in [-0.2, -0.15) is 0 Å². The number of unbranched alkanes of at least 4 members (excludes halogenated alkanes) is 1. The monoisotopic (exact) mass is 359 g/mol. The molecule has 4 heteroatoms. The Kier molecular flexibility index (Phi) is 4.40. The number of esters is 1. The number of benzene rings is 3. The molecule has 1 aliphatic heterocycles. The van der Waals surface area contributed by atoms with Crippen molar-refractivity contribution in [3.63, 3.8) is 0 Å². The second kappa shape index (κ2) is 6.88. The molecule has 1 atom stereocenters. The smallest absolute Gasteiger partial charge is 0.344 e. The number of carbonyl (C=O) groups excluding carboxylic acids is 2. The van der Waals surface area contributed by atoms with Gasteiger partial charge in [0.05, 0.1) is 12.3 Å². The maximum absolute atomic E-state index is 13.5. The first-order valence-corrected chi connectivity index (χ1v) is 9.26. The van der Waals surface area contributed by atoms with E-state index in [1.807, 2.05) is 55.5 Å². The quantitative estimate of drug-likeness (QED) is 0.408. The number of nitrogens with one attached hydrogen (secondary N) is 1. The van der Waals surface area contributed by atoms with E-state index in [9.17, 15) is 9.59 Å². The zero-order chi connectivity index (χ0) is 18.9. The first kappa shape index (κ1) is 17.3. The summed E-state index contributed by atoms with van der Waals surface area (Å²) in [5.74, 6) is -0.816. The summed E-state index contributed by atoms with van der Waals surface area (Å²) < 4.78 is 5.52. The molecule has 27 heavy (non-hydrogen) atoms.